The minimum absolute atomic E-state index is 0.0761. The molecule has 1 aromatic rings. The molecule has 1 unspecified atom stereocenters. The molecule has 3 amide bonds. The molecule has 0 aromatic heterocycles. The van der Waals surface area contributed by atoms with Crippen LogP contribution < -0.4 is 5.32 Å². The van der Waals surface area contributed by atoms with Crippen molar-refractivity contribution in [1.29, 1.82) is 0 Å². The molecule has 0 spiro atoms. The van der Waals surface area contributed by atoms with E-state index in [1.54, 1.807) is 4.90 Å². The smallest absolute Gasteiger partial charge is 0.321 e. The number of benzene rings is 1. The number of carbonyl (C=O) groups excluding carboxylic acids is 2. The topological polar surface area (TPSA) is 61.9 Å². The van der Waals surface area contributed by atoms with Crippen molar-refractivity contribution in [1.82, 2.24) is 9.80 Å². The molecule has 1 aromatic carbocycles. The molecule has 6 heteroatoms. The summed E-state index contributed by atoms with van der Waals surface area (Å²) in [5, 5.41) is 3.11. The largest absolute Gasteiger partial charge is 0.368 e. The lowest BCUT2D eigenvalue weighted by atomic mass is 10.0. The lowest BCUT2D eigenvalue weighted by Crippen LogP contribution is -2.53. The predicted octanol–water partition coefficient (Wildman–Crippen LogP) is 2.67. The highest BCUT2D eigenvalue weighted by molar-refractivity contribution is 5.91. The van der Waals surface area contributed by atoms with E-state index in [1.807, 2.05) is 11.0 Å². The van der Waals surface area contributed by atoms with Gasteiger partial charge in [0.05, 0.1) is 0 Å². The van der Waals surface area contributed by atoms with Gasteiger partial charge in [0, 0.05) is 38.5 Å². The Labute approximate surface area is 155 Å². The van der Waals surface area contributed by atoms with Crippen molar-refractivity contribution in [2.75, 3.05) is 38.1 Å². The molecule has 6 nitrogen and oxygen atoms in total. The minimum atomic E-state index is -0.279. The predicted molar refractivity (Wildman–Crippen MR) is 101 cm³/mol. The Hall–Kier alpha value is -2.08. The van der Waals surface area contributed by atoms with Crippen molar-refractivity contribution < 1.29 is 14.3 Å². The van der Waals surface area contributed by atoms with Crippen LogP contribution in [0.1, 0.15) is 37.8 Å². The van der Waals surface area contributed by atoms with Crippen LogP contribution >= 0.6 is 0 Å². The zero-order valence-electron chi connectivity index (χ0n) is 15.8. The third kappa shape index (κ3) is 4.01. The van der Waals surface area contributed by atoms with Gasteiger partial charge in [0.15, 0.2) is 0 Å². The van der Waals surface area contributed by atoms with Gasteiger partial charge in [0.2, 0.25) is 0 Å². The van der Waals surface area contributed by atoms with E-state index in [2.05, 4.69) is 31.3 Å². The number of carbonyl (C=O) groups is 2. The molecule has 2 fully saturated rings. The maximum absolute atomic E-state index is 12.7. The van der Waals surface area contributed by atoms with Crippen LogP contribution in [-0.4, -0.2) is 60.6 Å². The lowest BCUT2D eigenvalue weighted by Gasteiger charge is -2.36. The van der Waals surface area contributed by atoms with Gasteiger partial charge in [-0.2, -0.15) is 0 Å². The summed E-state index contributed by atoms with van der Waals surface area (Å²) in [4.78, 5) is 28.8. The Morgan fingerprint density at radius 2 is 1.69 bits per heavy atom. The average molecular weight is 359 g/mol. The molecular formula is C20H29N3O3. The highest BCUT2D eigenvalue weighted by Crippen LogP contribution is 2.23. The zero-order chi connectivity index (χ0) is 18.5. The zero-order valence-corrected chi connectivity index (χ0v) is 15.8. The van der Waals surface area contributed by atoms with Crippen LogP contribution in [0.2, 0.25) is 0 Å². The number of ether oxygens (including phenoxy) is 1. The van der Waals surface area contributed by atoms with Crippen molar-refractivity contribution in [3.63, 3.8) is 0 Å². The third-order valence-corrected chi connectivity index (χ3v) is 5.31. The second-order valence-corrected chi connectivity index (χ2v) is 6.90. The van der Waals surface area contributed by atoms with Crippen LogP contribution in [0.4, 0.5) is 10.5 Å². The summed E-state index contributed by atoms with van der Waals surface area (Å²) in [5.41, 5.74) is 3.26. The van der Waals surface area contributed by atoms with E-state index in [0.717, 1.165) is 42.5 Å². The summed E-state index contributed by atoms with van der Waals surface area (Å²) in [6.45, 7) is 7.12. The fourth-order valence-corrected chi connectivity index (χ4v) is 3.70. The number of urea groups is 1. The lowest BCUT2D eigenvalue weighted by molar-refractivity contribution is -0.142. The summed E-state index contributed by atoms with van der Waals surface area (Å²) in [5.74, 6) is 0.0761. The van der Waals surface area contributed by atoms with Crippen molar-refractivity contribution >= 4 is 17.6 Å². The fourth-order valence-electron chi connectivity index (χ4n) is 3.70. The molecular weight excluding hydrogens is 330 g/mol. The van der Waals surface area contributed by atoms with Gasteiger partial charge in [-0.15, -0.1) is 0 Å². The molecule has 3 rings (SSSR count). The summed E-state index contributed by atoms with van der Waals surface area (Å²) in [6.07, 6.45) is 3.25. The number of amides is 3. The maximum Gasteiger partial charge on any atom is 0.321 e. The van der Waals surface area contributed by atoms with E-state index in [9.17, 15) is 9.59 Å². The number of para-hydroxylation sites is 1. The van der Waals surface area contributed by atoms with Gasteiger partial charge >= 0.3 is 6.03 Å². The van der Waals surface area contributed by atoms with Gasteiger partial charge in [-0.3, -0.25) is 4.79 Å². The molecule has 0 saturated carbocycles. The minimum Gasteiger partial charge on any atom is -0.368 e. The second-order valence-electron chi connectivity index (χ2n) is 6.90. The average Bonchev–Trinajstić information content (AvgIpc) is 3.22. The van der Waals surface area contributed by atoms with E-state index in [1.165, 1.54) is 0 Å². The Balaban J connectivity index is 1.58. The van der Waals surface area contributed by atoms with Gasteiger partial charge in [-0.1, -0.05) is 32.0 Å². The van der Waals surface area contributed by atoms with Gasteiger partial charge in [0.25, 0.3) is 5.91 Å². The molecule has 0 aliphatic carbocycles. The van der Waals surface area contributed by atoms with Gasteiger partial charge < -0.3 is 19.9 Å². The molecule has 0 radical (unpaired) electrons. The Kier molecular flexibility index (Phi) is 6.14. The quantitative estimate of drug-likeness (QED) is 0.899. The fraction of sp³-hybridized carbons (Fsp3) is 0.600. The monoisotopic (exact) mass is 359 g/mol. The van der Waals surface area contributed by atoms with Crippen LogP contribution in [0.15, 0.2) is 18.2 Å². The first-order valence-electron chi connectivity index (χ1n) is 9.71. The molecule has 0 bridgehead atoms. The molecule has 2 saturated heterocycles. The molecule has 142 valence electrons. The third-order valence-electron chi connectivity index (χ3n) is 5.31. The SMILES string of the molecule is CCc1cccc(CC)c1NC(=O)N1CCN(C(=O)C2CCCO2)CC1. The molecule has 1 N–H and O–H groups in total. The van der Waals surface area contributed by atoms with E-state index < -0.39 is 0 Å². The first-order chi connectivity index (χ1) is 12.6. The molecule has 1 atom stereocenters. The molecule has 2 aliphatic heterocycles. The molecule has 2 aliphatic rings. The summed E-state index contributed by atoms with van der Waals surface area (Å²) in [6, 6.07) is 6.09. The standard InChI is InChI=1S/C20H29N3O3/c1-3-15-7-5-8-16(4-2)18(15)21-20(25)23-12-10-22(11-13-23)19(24)17-9-6-14-26-17/h5,7-8,17H,3-4,6,9-14H2,1-2H3,(H,21,25). The van der Waals surface area contributed by atoms with E-state index >= 15 is 0 Å². The summed E-state index contributed by atoms with van der Waals surface area (Å²) in [7, 11) is 0. The molecule has 2 heterocycles. The first kappa shape index (κ1) is 18.7. The highest BCUT2D eigenvalue weighted by Gasteiger charge is 2.31. The number of hydrogen-bond acceptors (Lipinski definition) is 3. The van der Waals surface area contributed by atoms with Gasteiger partial charge in [-0.05, 0) is 36.8 Å². The number of rotatable bonds is 4. The number of hydrogen-bond donors (Lipinski definition) is 1. The number of nitrogens with zero attached hydrogens (tertiary/aromatic N) is 2. The normalized spacial score (nSPS) is 20.3. The van der Waals surface area contributed by atoms with Crippen molar-refractivity contribution in [2.45, 2.75) is 45.6 Å². The van der Waals surface area contributed by atoms with E-state index in [-0.39, 0.29) is 18.0 Å². The van der Waals surface area contributed by atoms with E-state index in [4.69, 9.17) is 4.74 Å². The van der Waals surface area contributed by atoms with Crippen LogP contribution in [0.3, 0.4) is 0 Å². The summed E-state index contributed by atoms with van der Waals surface area (Å²) >= 11 is 0. The number of aryl methyl sites for hydroxylation is 2. The number of piperazine rings is 1. The summed E-state index contributed by atoms with van der Waals surface area (Å²) < 4.78 is 5.49. The maximum atomic E-state index is 12.7. The first-order valence-corrected chi connectivity index (χ1v) is 9.71. The Bertz CT molecular complexity index is 625. The van der Waals surface area contributed by atoms with Crippen molar-refractivity contribution in [2.24, 2.45) is 0 Å². The van der Waals surface area contributed by atoms with Gasteiger partial charge in [-0.25, -0.2) is 4.79 Å². The van der Waals surface area contributed by atoms with Gasteiger partial charge in [0.1, 0.15) is 6.10 Å². The Morgan fingerprint density at radius 1 is 1.08 bits per heavy atom. The van der Waals surface area contributed by atoms with Crippen LogP contribution in [-0.2, 0) is 22.4 Å². The van der Waals surface area contributed by atoms with E-state index in [0.29, 0.717) is 32.8 Å². The van der Waals surface area contributed by atoms with Crippen molar-refractivity contribution in [3.05, 3.63) is 29.3 Å². The Morgan fingerprint density at radius 3 is 2.23 bits per heavy atom. The number of nitrogens with one attached hydrogen (secondary N) is 1. The molecule has 26 heavy (non-hydrogen) atoms. The second kappa shape index (κ2) is 8.54. The van der Waals surface area contributed by atoms with Crippen LogP contribution in [0.5, 0.6) is 0 Å². The number of anilines is 1. The van der Waals surface area contributed by atoms with Crippen LogP contribution in [0, 0.1) is 0 Å². The van der Waals surface area contributed by atoms with Crippen molar-refractivity contribution in [3.8, 4) is 0 Å². The highest BCUT2D eigenvalue weighted by atomic mass is 16.5. The van der Waals surface area contributed by atoms with Crippen LogP contribution in [0.25, 0.3) is 0 Å².